The summed E-state index contributed by atoms with van der Waals surface area (Å²) < 4.78 is 5.18. The molecule has 0 fully saturated rings. The lowest BCUT2D eigenvalue weighted by Crippen LogP contribution is -2.29. The maximum atomic E-state index is 12.3. The number of carbonyl (C=O) groups is 1. The van der Waals surface area contributed by atoms with Crippen LogP contribution in [0.1, 0.15) is 5.56 Å². The van der Waals surface area contributed by atoms with Gasteiger partial charge in [0.2, 0.25) is 5.91 Å². The molecule has 0 unspecified atom stereocenters. The Morgan fingerprint density at radius 1 is 1.04 bits per heavy atom. The van der Waals surface area contributed by atoms with E-state index in [2.05, 4.69) is 35.6 Å². The van der Waals surface area contributed by atoms with Crippen molar-refractivity contribution in [1.29, 1.82) is 0 Å². The Balaban J connectivity index is 1.63. The van der Waals surface area contributed by atoms with Crippen molar-refractivity contribution in [2.75, 3.05) is 26.0 Å². The van der Waals surface area contributed by atoms with Gasteiger partial charge in [0, 0.05) is 18.3 Å². The number of hydrogen-bond donors (Lipinski definition) is 1. The van der Waals surface area contributed by atoms with E-state index >= 15 is 0 Å². The van der Waals surface area contributed by atoms with Crippen LogP contribution in [0.3, 0.4) is 0 Å². The Morgan fingerprint density at radius 2 is 1.80 bits per heavy atom. The zero-order valence-electron chi connectivity index (χ0n) is 14.5. The van der Waals surface area contributed by atoms with E-state index in [1.54, 1.807) is 7.11 Å². The fourth-order valence-corrected chi connectivity index (χ4v) is 2.92. The van der Waals surface area contributed by atoms with Gasteiger partial charge in [-0.2, -0.15) is 0 Å². The Morgan fingerprint density at radius 3 is 2.64 bits per heavy atom. The molecular weight excluding hydrogens is 312 g/mol. The van der Waals surface area contributed by atoms with E-state index in [4.69, 9.17) is 4.74 Å². The van der Waals surface area contributed by atoms with E-state index < -0.39 is 0 Å². The van der Waals surface area contributed by atoms with E-state index in [1.807, 2.05) is 48.3 Å². The molecule has 0 aromatic heterocycles. The van der Waals surface area contributed by atoms with E-state index in [0.717, 1.165) is 11.4 Å². The number of nitrogens with zero attached hydrogens (tertiary/aromatic N) is 1. The third kappa shape index (κ3) is 4.37. The third-order valence-corrected chi connectivity index (χ3v) is 4.09. The standard InChI is InChI=1S/C21H22N2O2/c1-23(14-17-9-5-8-16-7-3-4-12-20(16)17)15-21(24)22-18-10-6-11-19(13-18)25-2/h3-13H,14-15H2,1-2H3,(H,22,24). The molecule has 0 bridgehead atoms. The first-order chi connectivity index (χ1) is 12.2. The van der Waals surface area contributed by atoms with Crippen molar-refractivity contribution >= 4 is 22.4 Å². The van der Waals surface area contributed by atoms with Crippen LogP contribution in [0.5, 0.6) is 5.75 Å². The fourth-order valence-electron chi connectivity index (χ4n) is 2.92. The highest BCUT2D eigenvalue weighted by Crippen LogP contribution is 2.20. The number of ether oxygens (including phenoxy) is 1. The molecule has 25 heavy (non-hydrogen) atoms. The first kappa shape index (κ1) is 17.0. The van der Waals surface area contributed by atoms with Gasteiger partial charge in [0.15, 0.2) is 0 Å². The first-order valence-corrected chi connectivity index (χ1v) is 8.25. The van der Waals surface area contributed by atoms with Gasteiger partial charge in [-0.3, -0.25) is 9.69 Å². The summed E-state index contributed by atoms with van der Waals surface area (Å²) in [6, 6.07) is 21.9. The van der Waals surface area contributed by atoms with Crippen molar-refractivity contribution in [2.24, 2.45) is 0 Å². The van der Waals surface area contributed by atoms with Crippen LogP contribution >= 0.6 is 0 Å². The van der Waals surface area contributed by atoms with Crippen LogP contribution in [0.2, 0.25) is 0 Å². The highest BCUT2D eigenvalue weighted by Gasteiger charge is 2.09. The van der Waals surface area contributed by atoms with Gasteiger partial charge in [-0.05, 0) is 35.5 Å². The van der Waals surface area contributed by atoms with Crippen molar-refractivity contribution in [1.82, 2.24) is 4.90 Å². The third-order valence-electron chi connectivity index (χ3n) is 4.09. The zero-order chi connectivity index (χ0) is 17.6. The van der Waals surface area contributed by atoms with Gasteiger partial charge in [0.05, 0.1) is 13.7 Å². The number of methoxy groups -OCH3 is 1. The van der Waals surface area contributed by atoms with Gasteiger partial charge in [-0.1, -0.05) is 48.5 Å². The largest absolute Gasteiger partial charge is 0.497 e. The summed E-state index contributed by atoms with van der Waals surface area (Å²) in [5.74, 6) is 0.679. The van der Waals surface area contributed by atoms with E-state index in [-0.39, 0.29) is 5.91 Å². The lowest BCUT2D eigenvalue weighted by molar-refractivity contribution is -0.117. The molecule has 0 atom stereocenters. The van der Waals surface area contributed by atoms with E-state index in [0.29, 0.717) is 13.1 Å². The highest BCUT2D eigenvalue weighted by molar-refractivity contribution is 5.92. The molecule has 0 saturated carbocycles. The quantitative estimate of drug-likeness (QED) is 0.743. The minimum atomic E-state index is -0.0454. The van der Waals surface area contributed by atoms with Gasteiger partial charge < -0.3 is 10.1 Å². The van der Waals surface area contributed by atoms with Crippen LogP contribution in [-0.2, 0) is 11.3 Å². The summed E-state index contributed by atoms with van der Waals surface area (Å²) in [7, 11) is 3.56. The number of fused-ring (bicyclic) bond motifs is 1. The molecule has 3 aromatic carbocycles. The molecule has 128 valence electrons. The van der Waals surface area contributed by atoms with E-state index in [9.17, 15) is 4.79 Å². The second-order valence-corrected chi connectivity index (χ2v) is 6.09. The number of nitrogens with one attached hydrogen (secondary N) is 1. The minimum absolute atomic E-state index is 0.0454. The Labute approximate surface area is 148 Å². The molecule has 0 saturated heterocycles. The topological polar surface area (TPSA) is 41.6 Å². The van der Waals surface area contributed by atoms with Gasteiger partial charge in [-0.15, -0.1) is 0 Å². The molecule has 0 aliphatic carbocycles. The number of carbonyl (C=O) groups excluding carboxylic acids is 1. The molecule has 0 radical (unpaired) electrons. The number of hydrogen-bond acceptors (Lipinski definition) is 3. The molecule has 0 aliphatic heterocycles. The molecule has 0 aliphatic rings. The van der Waals surface area contributed by atoms with Crippen molar-refractivity contribution in [3.05, 3.63) is 72.3 Å². The molecule has 4 nitrogen and oxygen atoms in total. The Kier molecular flexibility index (Phi) is 5.31. The lowest BCUT2D eigenvalue weighted by Gasteiger charge is -2.18. The summed E-state index contributed by atoms with van der Waals surface area (Å²) in [5, 5.41) is 5.35. The smallest absolute Gasteiger partial charge is 0.238 e. The van der Waals surface area contributed by atoms with Crippen LogP contribution in [0.25, 0.3) is 10.8 Å². The summed E-state index contributed by atoms with van der Waals surface area (Å²) in [4.78, 5) is 14.3. The average molecular weight is 334 g/mol. The van der Waals surface area contributed by atoms with Crippen molar-refractivity contribution < 1.29 is 9.53 Å². The number of benzene rings is 3. The fraction of sp³-hybridized carbons (Fsp3) is 0.190. The van der Waals surface area contributed by atoms with Crippen LogP contribution in [0, 0.1) is 0 Å². The minimum Gasteiger partial charge on any atom is -0.497 e. The Hall–Kier alpha value is -2.85. The number of anilines is 1. The van der Waals surface area contributed by atoms with Crippen LogP contribution in [0.15, 0.2) is 66.7 Å². The molecule has 0 heterocycles. The molecule has 4 heteroatoms. The predicted octanol–water partition coefficient (Wildman–Crippen LogP) is 3.92. The molecular formula is C21H22N2O2. The van der Waals surface area contributed by atoms with Crippen LogP contribution in [0.4, 0.5) is 5.69 Å². The van der Waals surface area contributed by atoms with Gasteiger partial charge in [0.25, 0.3) is 0 Å². The van der Waals surface area contributed by atoms with Crippen LogP contribution in [-0.4, -0.2) is 31.5 Å². The monoisotopic (exact) mass is 334 g/mol. The lowest BCUT2D eigenvalue weighted by atomic mass is 10.0. The maximum absolute atomic E-state index is 12.3. The molecule has 0 spiro atoms. The normalized spacial score (nSPS) is 10.8. The van der Waals surface area contributed by atoms with Crippen molar-refractivity contribution in [3.8, 4) is 5.75 Å². The predicted molar refractivity (Wildman–Crippen MR) is 102 cm³/mol. The maximum Gasteiger partial charge on any atom is 0.238 e. The summed E-state index contributed by atoms with van der Waals surface area (Å²) in [5.41, 5.74) is 1.96. The van der Waals surface area contributed by atoms with Gasteiger partial charge in [-0.25, -0.2) is 0 Å². The summed E-state index contributed by atoms with van der Waals surface area (Å²) in [6.45, 7) is 1.04. The van der Waals surface area contributed by atoms with E-state index in [1.165, 1.54) is 16.3 Å². The number of likely N-dealkylation sites (N-methyl/N-ethyl adjacent to an activating group) is 1. The van der Waals surface area contributed by atoms with Crippen LogP contribution < -0.4 is 10.1 Å². The summed E-state index contributed by atoms with van der Waals surface area (Å²) in [6.07, 6.45) is 0. The van der Waals surface area contributed by atoms with Crippen molar-refractivity contribution in [3.63, 3.8) is 0 Å². The zero-order valence-corrected chi connectivity index (χ0v) is 14.5. The van der Waals surface area contributed by atoms with Gasteiger partial charge >= 0.3 is 0 Å². The molecule has 1 N–H and O–H groups in total. The Bertz CT molecular complexity index is 871. The molecule has 1 amide bonds. The second-order valence-electron chi connectivity index (χ2n) is 6.09. The molecule has 3 rings (SSSR count). The second kappa shape index (κ2) is 7.81. The highest BCUT2D eigenvalue weighted by atomic mass is 16.5. The SMILES string of the molecule is COc1cccc(NC(=O)CN(C)Cc2cccc3ccccc23)c1. The number of amides is 1. The number of rotatable bonds is 6. The average Bonchev–Trinajstić information content (AvgIpc) is 2.62. The van der Waals surface area contributed by atoms with Crippen molar-refractivity contribution in [2.45, 2.75) is 6.54 Å². The first-order valence-electron chi connectivity index (χ1n) is 8.25. The molecule has 3 aromatic rings. The summed E-state index contributed by atoms with van der Waals surface area (Å²) >= 11 is 0. The van der Waals surface area contributed by atoms with Gasteiger partial charge in [0.1, 0.15) is 5.75 Å².